The molecule has 2 amide bonds. The molecule has 3 heterocycles. The molecule has 6 nitrogen and oxygen atoms in total. The first kappa shape index (κ1) is 18.3. The molecule has 1 atom stereocenters. The first-order valence-corrected chi connectivity index (χ1v) is 10.3. The van der Waals surface area contributed by atoms with Gasteiger partial charge in [0.1, 0.15) is 5.82 Å². The second kappa shape index (κ2) is 7.49. The van der Waals surface area contributed by atoms with Crippen LogP contribution in [0, 0.1) is 11.3 Å². The van der Waals surface area contributed by atoms with Crippen LogP contribution in [0.3, 0.4) is 0 Å². The highest BCUT2D eigenvalue weighted by Crippen LogP contribution is 2.42. The van der Waals surface area contributed by atoms with Gasteiger partial charge < -0.3 is 15.1 Å². The molecule has 146 valence electrons. The van der Waals surface area contributed by atoms with Crippen molar-refractivity contribution in [1.29, 1.82) is 0 Å². The van der Waals surface area contributed by atoms with E-state index in [1.807, 2.05) is 18.3 Å². The van der Waals surface area contributed by atoms with E-state index in [1.165, 1.54) is 26.2 Å². The molecule has 27 heavy (non-hydrogen) atoms. The smallest absolute Gasteiger partial charge is 0.230 e. The number of nitrogens with zero attached hydrogens (tertiary/aromatic N) is 3. The number of carbonyl (C=O) groups excluding carboxylic acids is 2. The van der Waals surface area contributed by atoms with Crippen LogP contribution in [-0.4, -0.2) is 47.9 Å². The Bertz CT molecular complexity index is 701. The molecule has 1 aromatic heterocycles. The number of hydrogen-bond acceptors (Lipinski definition) is 4. The quantitative estimate of drug-likeness (QED) is 0.864. The highest BCUT2D eigenvalue weighted by atomic mass is 16.2. The summed E-state index contributed by atoms with van der Waals surface area (Å²) >= 11 is 0. The van der Waals surface area contributed by atoms with Gasteiger partial charge >= 0.3 is 0 Å². The number of carbonyl (C=O) groups is 2. The van der Waals surface area contributed by atoms with Gasteiger partial charge in [-0.15, -0.1) is 0 Å². The van der Waals surface area contributed by atoms with Crippen molar-refractivity contribution in [3.8, 4) is 0 Å². The number of piperidine rings is 1. The Morgan fingerprint density at radius 2 is 2.11 bits per heavy atom. The molecule has 3 aliphatic rings. The summed E-state index contributed by atoms with van der Waals surface area (Å²) in [5.74, 6) is 2.01. The van der Waals surface area contributed by atoms with E-state index in [1.54, 1.807) is 0 Å². The first-order chi connectivity index (χ1) is 13.1. The summed E-state index contributed by atoms with van der Waals surface area (Å²) in [5, 5.41) is 2.79. The fourth-order valence-corrected chi connectivity index (χ4v) is 4.69. The number of hydrogen-bond donors (Lipinski definition) is 1. The van der Waals surface area contributed by atoms with E-state index in [2.05, 4.69) is 20.1 Å². The number of rotatable bonds is 5. The number of amides is 2. The molecule has 1 aliphatic carbocycles. The van der Waals surface area contributed by atoms with E-state index in [9.17, 15) is 9.59 Å². The Hall–Kier alpha value is -2.11. The van der Waals surface area contributed by atoms with Crippen molar-refractivity contribution in [3.63, 3.8) is 0 Å². The SMILES string of the molecule is CC(=O)NCc1ccc(N2CC[C@]3(CCCN(CC4CCC4)C3=O)C2)nc1. The van der Waals surface area contributed by atoms with Crippen LogP contribution in [0.4, 0.5) is 5.82 Å². The number of anilines is 1. The number of nitrogens with one attached hydrogen (secondary N) is 1. The Kier molecular flexibility index (Phi) is 5.06. The predicted octanol–water partition coefficient (Wildman–Crippen LogP) is 2.34. The third-order valence-corrected chi connectivity index (χ3v) is 6.56. The van der Waals surface area contributed by atoms with Crippen LogP contribution >= 0.6 is 0 Å². The highest BCUT2D eigenvalue weighted by Gasteiger charge is 2.49. The lowest BCUT2D eigenvalue weighted by molar-refractivity contribution is -0.146. The maximum atomic E-state index is 13.2. The predicted molar refractivity (Wildman–Crippen MR) is 104 cm³/mol. The zero-order chi connectivity index (χ0) is 18.9. The molecule has 0 radical (unpaired) electrons. The summed E-state index contributed by atoms with van der Waals surface area (Å²) in [4.78, 5) is 33.3. The zero-order valence-corrected chi connectivity index (χ0v) is 16.2. The molecule has 4 rings (SSSR count). The molecule has 1 saturated carbocycles. The lowest BCUT2D eigenvalue weighted by atomic mass is 9.77. The minimum absolute atomic E-state index is 0.0390. The Morgan fingerprint density at radius 1 is 1.26 bits per heavy atom. The molecule has 2 aliphatic heterocycles. The monoisotopic (exact) mass is 370 g/mol. The summed E-state index contributed by atoms with van der Waals surface area (Å²) in [6, 6.07) is 4.02. The van der Waals surface area contributed by atoms with Gasteiger partial charge in [0, 0.05) is 45.8 Å². The van der Waals surface area contributed by atoms with E-state index in [0.29, 0.717) is 12.5 Å². The number of pyridine rings is 1. The molecule has 0 unspecified atom stereocenters. The van der Waals surface area contributed by atoms with Crippen molar-refractivity contribution in [2.24, 2.45) is 11.3 Å². The summed E-state index contributed by atoms with van der Waals surface area (Å²) in [6.45, 7) is 5.60. The molecule has 3 fully saturated rings. The van der Waals surface area contributed by atoms with Crippen molar-refractivity contribution < 1.29 is 9.59 Å². The van der Waals surface area contributed by atoms with Crippen LogP contribution in [0.2, 0.25) is 0 Å². The van der Waals surface area contributed by atoms with Crippen molar-refractivity contribution in [2.45, 2.75) is 52.0 Å². The van der Waals surface area contributed by atoms with E-state index in [0.717, 1.165) is 62.7 Å². The minimum Gasteiger partial charge on any atom is -0.356 e. The van der Waals surface area contributed by atoms with E-state index < -0.39 is 0 Å². The van der Waals surface area contributed by atoms with Crippen molar-refractivity contribution >= 4 is 17.6 Å². The molecule has 1 aromatic rings. The molecular weight excluding hydrogens is 340 g/mol. The largest absolute Gasteiger partial charge is 0.356 e. The highest BCUT2D eigenvalue weighted by molar-refractivity contribution is 5.85. The van der Waals surface area contributed by atoms with E-state index >= 15 is 0 Å². The normalized spacial score (nSPS) is 25.7. The second-order valence-electron chi connectivity index (χ2n) is 8.54. The van der Waals surface area contributed by atoms with Gasteiger partial charge in [0.15, 0.2) is 0 Å². The van der Waals surface area contributed by atoms with Gasteiger partial charge in [-0.3, -0.25) is 9.59 Å². The van der Waals surface area contributed by atoms with Crippen LogP contribution in [0.25, 0.3) is 0 Å². The minimum atomic E-state index is -0.210. The van der Waals surface area contributed by atoms with Gasteiger partial charge in [-0.1, -0.05) is 12.5 Å². The van der Waals surface area contributed by atoms with Gasteiger partial charge in [-0.25, -0.2) is 4.98 Å². The third kappa shape index (κ3) is 3.80. The molecule has 6 heteroatoms. The fourth-order valence-electron chi connectivity index (χ4n) is 4.69. The maximum absolute atomic E-state index is 13.2. The van der Waals surface area contributed by atoms with Crippen LogP contribution < -0.4 is 10.2 Å². The van der Waals surface area contributed by atoms with Gasteiger partial charge in [0.2, 0.25) is 11.8 Å². The van der Waals surface area contributed by atoms with Crippen LogP contribution in [0.5, 0.6) is 0 Å². The number of aromatic nitrogens is 1. The molecule has 1 spiro atoms. The molecule has 1 N–H and O–H groups in total. The van der Waals surface area contributed by atoms with Crippen molar-refractivity contribution in [1.82, 2.24) is 15.2 Å². The topological polar surface area (TPSA) is 65.5 Å². The van der Waals surface area contributed by atoms with Gasteiger partial charge in [-0.05, 0) is 49.7 Å². The van der Waals surface area contributed by atoms with Crippen LogP contribution in [-0.2, 0) is 16.1 Å². The fraction of sp³-hybridized carbons (Fsp3) is 0.667. The average molecular weight is 370 g/mol. The van der Waals surface area contributed by atoms with Crippen molar-refractivity contribution in [3.05, 3.63) is 23.9 Å². The first-order valence-electron chi connectivity index (χ1n) is 10.3. The Balaban J connectivity index is 1.39. The average Bonchev–Trinajstić information content (AvgIpc) is 3.05. The second-order valence-corrected chi connectivity index (χ2v) is 8.54. The van der Waals surface area contributed by atoms with Crippen LogP contribution in [0.1, 0.15) is 51.0 Å². The lowest BCUT2D eigenvalue weighted by Gasteiger charge is -2.42. The summed E-state index contributed by atoms with van der Waals surface area (Å²) < 4.78 is 0. The Morgan fingerprint density at radius 3 is 2.78 bits per heavy atom. The van der Waals surface area contributed by atoms with Crippen molar-refractivity contribution in [2.75, 3.05) is 31.1 Å². The third-order valence-electron chi connectivity index (χ3n) is 6.56. The van der Waals surface area contributed by atoms with Gasteiger partial charge in [0.05, 0.1) is 5.41 Å². The number of likely N-dealkylation sites (tertiary alicyclic amines) is 1. The summed E-state index contributed by atoms with van der Waals surface area (Å²) in [6.07, 6.45) is 8.79. The standard InChI is InChI=1S/C21H30N4O2/c1-16(26)22-12-18-6-7-19(23-13-18)25-11-9-21(15-25)8-3-10-24(20(21)27)14-17-4-2-5-17/h6-7,13,17H,2-5,8-12,14-15H2,1H3,(H,22,26)/t21-/m1/s1. The zero-order valence-electron chi connectivity index (χ0n) is 16.2. The maximum Gasteiger partial charge on any atom is 0.230 e. The van der Waals surface area contributed by atoms with Crippen LogP contribution in [0.15, 0.2) is 18.3 Å². The summed E-state index contributed by atoms with van der Waals surface area (Å²) in [5.41, 5.74) is 0.779. The lowest BCUT2D eigenvalue weighted by Crippen LogP contribution is -2.51. The molecule has 0 bridgehead atoms. The summed E-state index contributed by atoms with van der Waals surface area (Å²) in [7, 11) is 0. The van der Waals surface area contributed by atoms with E-state index in [4.69, 9.17) is 0 Å². The van der Waals surface area contributed by atoms with Gasteiger partial charge in [-0.2, -0.15) is 0 Å². The molecule has 0 aromatic carbocycles. The Labute approximate surface area is 161 Å². The molecular formula is C21H30N4O2. The van der Waals surface area contributed by atoms with Gasteiger partial charge in [0.25, 0.3) is 0 Å². The van der Waals surface area contributed by atoms with E-state index in [-0.39, 0.29) is 11.3 Å². The molecule has 2 saturated heterocycles.